The van der Waals surface area contributed by atoms with E-state index in [-0.39, 0.29) is 17.9 Å². The molecule has 0 fully saturated rings. The summed E-state index contributed by atoms with van der Waals surface area (Å²) in [6.07, 6.45) is 1.79. The van der Waals surface area contributed by atoms with Gasteiger partial charge in [0, 0.05) is 17.4 Å². The van der Waals surface area contributed by atoms with E-state index in [2.05, 4.69) is 10.6 Å². The summed E-state index contributed by atoms with van der Waals surface area (Å²) in [5, 5.41) is 14.9. The highest BCUT2D eigenvalue weighted by Gasteiger charge is 2.13. The Hall–Kier alpha value is -4.36. The minimum absolute atomic E-state index is 0.0646. The molecule has 0 saturated carbocycles. The van der Waals surface area contributed by atoms with Crippen molar-refractivity contribution in [3.63, 3.8) is 0 Å². The van der Waals surface area contributed by atoms with Crippen LogP contribution < -0.4 is 16.2 Å². The maximum Gasteiger partial charge on any atom is 0.323 e. The van der Waals surface area contributed by atoms with E-state index in [1.54, 1.807) is 41.1 Å². The van der Waals surface area contributed by atoms with Gasteiger partial charge in [0.25, 0.3) is 5.56 Å². The number of carboxylic acids is 1. The van der Waals surface area contributed by atoms with Crippen LogP contribution in [-0.4, -0.2) is 21.7 Å². The number of rotatable bonds is 8. The van der Waals surface area contributed by atoms with Gasteiger partial charge in [-0.2, -0.15) is 0 Å². The average molecular weight is 530 g/mol. The SMILES string of the molecule is Cc1ccccc1NC(=O)Nc1ccc(-c2cccn(Cc3ccc([C@@H](C)CC(=O)O)cc3)c2=O)cc1Cl. The fourth-order valence-corrected chi connectivity index (χ4v) is 4.41. The third-order valence-electron chi connectivity index (χ3n) is 6.32. The zero-order valence-corrected chi connectivity index (χ0v) is 21.8. The maximum atomic E-state index is 13.3. The van der Waals surface area contributed by atoms with E-state index in [1.807, 2.05) is 62.4 Å². The first kappa shape index (κ1) is 26.7. The number of nitrogens with zero attached hydrogens (tertiary/aromatic N) is 1. The van der Waals surface area contributed by atoms with E-state index in [0.717, 1.165) is 16.7 Å². The number of carbonyl (C=O) groups is 2. The lowest BCUT2D eigenvalue weighted by Gasteiger charge is -2.13. The number of amides is 2. The number of aliphatic carboxylic acids is 1. The zero-order valence-electron chi connectivity index (χ0n) is 21.1. The topological polar surface area (TPSA) is 100 Å². The number of hydrogen-bond donors (Lipinski definition) is 3. The van der Waals surface area contributed by atoms with E-state index < -0.39 is 12.0 Å². The van der Waals surface area contributed by atoms with Crippen molar-refractivity contribution in [3.8, 4) is 11.1 Å². The van der Waals surface area contributed by atoms with E-state index in [4.69, 9.17) is 16.7 Å². The maximum absolute atomic E-state index is 13.3. The van der Waals surface area contributed by atoms with Crippen LogP contribution in [0.4, 0.5) is 16.2 Å². The van der Waals surface area contributed by atoms with E-state index in [0.29, 0.717) is 34.1 Å². The molecular formula is C30H28ClN3O4. The van der Waals surface area contributed by atoms with Gasteiger partial charge in [-0.3, -0.25) is 9.59 Å². The van der Waals surface area contributed by atoms with Gasteiger partial charge < -0.3 is 20.3 Å². The van der Waals surface area contributed by atoms with Crippen LogP contribution in [0.3, 0.4) is 0 Å². The Kier molecular flexibility index (Phi) is 8.28. The fraction of sp³-hybridized carbons (Fsp3) is 0.167. The Labute approximate surface area is 225 Å². The molecule has 1 atom stereocenters. The highest BCUT2D eigenvalue weighted by molar-refractivity contribution is 6.34. The summed E-state index contributed by atoms with van der Waals surface area (Å²) in [5.74, 6) is -0.928. The summed E-state index contributed by atoms with van der Waals surface area (Å²) >= 11 is 6.46. The minimum atomic E-state index is -0.834. The molecule has 38 heavy (non-hydrogen) atoms. The third kappa shape index (κ3) is 6.49. The molecule has 0 aliphatic heterocycles. The summed E-state index contributed by atoms with van der Waals surface area (Å²) in [5.41, 5.74) is 4.87. The molecule has 1 heterocycles. The molecule has 4 aromatic rings. The molecule has 0 aliphatic carbocycles. The van der Waals surface area contributed by atoms with Gasteiger partial charge in [0.05, 0.1) is 23.7 Å². The largest absolute Gasteiger partial charge is 0.481 e. The number of nitrogens with one attached hydrogen (secondary N) is 2. The van der Waals surface area contributed by atoms with Gasteiger partial charge in [-0.05, 0) is 65.4 Å². The van der Waals surface area contributed by atoms with E-state index in [1.165, 1.54) is 0 Å². The number of pyridine rings is 1. The molecule has 8 heteroatoms. The van der Waals surface area contributed by atoms with Crippen LogP contribution in [0.15, 0.2) is 89.9 Å². The highest BCUT2D eigenvalue weighted by Crippen LogP contribution is 2.28. The number of carbonyl (C=O) groups excluding carboxylic acids is 1. The van der Waals surface area contributed by atoms with Gasteiger partial charge in [0.15, 0.2) is 0 Å². The summed E-state index contributed by atoms with van der Waals surface area (Å²) in [4.78, 5) is 36.7. The molecule has 0 radical (unpaired) electrons. The summed E-state index contributed by atoms with van der Waals surface area (Å²) in [7, 11) is 0. The first-order valence-corrected chi connectivity index (χ1v) is 12.5. The second-order valence-electron chi connectivity index (χ2n) is 9.18. The molecule has 3 aromatic carbocycles. The normalized spacial score (nSPS) is 11.6. The van der Waals surface area contributed by atoms with Crippen molar-refractivity contribution in [2.75, 3.05) is 10.6 Å². The molecule has 0 unspecified atom stereocenters. The Balaban J connectivity index is 1.48. The quantitative estimate of drug-likeness (QED) is 0.235. The number of urea groups is 1. The Morgan fingerprint density at radius 1 is 0.947 bits per heavy atom. The van der Waals surface area contributed by atoms with Gasteiger partial charge >= 0.3 is 12.0 Å². The molecular weight excluding hydrogens is 502 g/mol. The van der Waals surface area contributed by atoms with Crippen molar-refractivity contribution in [2.45, 2.75) is 32.7 Å². The predicted molar refractivity (Wildman–Crippen MR) is 151 cm³/mol. The monoisotopic (exact) mass is 529 g/mol. The Morgan fingerprint density at radius 2 is 1.66 bits per heavy atom. The third-order valence-corrected chi connectivity index (χ3v) is 6.64. The number of aryl methyl sites for hydroxylation is 1. The number of benzene rings is 3. The zero-order chi connectivity index (χ0) is 27.2. The van der Waals surface area contributed by atoms with Gasteiger partial charge in [-0.25, -0.2) is 4.79 Å². The number of halogens is 1. The summed E-state index contributed by atoms with van der Waals surface area (Å²) < 4.78 is 1.61. The van der Waals surface area contributed by atoms with Crippen molar-refractivity contribution in [1.29, 1.82) is 0 Å². The van der Waals surface area contributed by atoms with Crippen LogP contribution in [0.5, 0.6) is 0 Å². The molecule has 0 saturated heterocycles. The summed E-state index contributed by atoms with van der Waals surface area (Å²) in [6, 6.07) is 23.3. The molecule has 194 valence electrons. The number of anilines is 2. The minimum Gasteiger partial charge on any atom is -0.481 e. The molecule has 0 aliphatic rings. The number of hydrogen-bond acceptors (Lipinski definition) is 3. The van der Waals surface area contributed by atoms with Gasteiger partial charge in [0.1, 0.15) is 0 Å². The molecule has 1 aromatic heterocycles. The van der Waals surface area contributed by atoms with E-state index in [9.17, 15) is 14.4 Å². The van der Waals surface area contributed by atoms with Gasteiger partial charge in [-0.1, -0.05) is 67.1 Å². The van der Waals surface area contributed by atoms with Gasteiger partial charge in [-0.15, -0.1) is 0 Å². The van der Waals surface area contributed by atoms with Crippen molar-refractivity contribution in [2.24, 2.45) is 0 Å². The smallest absolute Gasteiger partial charge is 0.323 e. The van der Waals surface area contributed by atoms with Crippen LogP contribution in [0.2, 0.25) is 5.02 Å². The lowest BCUT2D eigenvalue weighted by Crippen LogP contribution is -2.21. The molecule has 0 spiro atoms. The lowest BCUT2D eigenvalue weighted by molar-refractivity contribution is -0.137. The van der Waals surface area contributed by atoms with Crippen LogP contribution in [0.25, 0.3) is 11.1 Å². The first-order chi connectivity index (χ1) is 18.2. The standard InChI is InChI=1S/C30H28ClN3O4/c1-19-6-3-4-8-26(19)32-30(38)33-27-14-13-23(17-25(27)31)24-7-5-15-34(29(24)37)18-21-9-11-22(12-10-21)20(2)16-28(35)36/h3-15,17,20H,16,18H2,1-2H3,(H,35,36)(H2,32,33,38)/t20-/m0/s1. The van der Waals surface area contributed by atoms with Crippen LogP contribution in [0.1, 0.15) is 36.0 Å². The number of para-hydroxylation sites is 1. The second kappa shape index (κ2) is 11.8. The average Bonchev–Trinajstić information content (AvgIpc) is 2.88. The summed E-state index contributed by atoms with van der Waals surface area (Å²) in [6.45, 7) is 4.15. The number of aromatic nitrogens is 1. The van der Waals surface area contributed by atoms with Crippen molar-refractivity contribution >= 4 is 35.0 Å². The molecule has 0 bridgehead atoms. The van der Waals surface area contributed by atoms with Gasteiger partial charge in [0.2, 0.25) is 0 Å². The Morgan fingerprint density at radius 3 is 2.34 bits per heavy atom. The lowest BCUT2D eigenvalue weighted by atomic mass is 9.97. The van der Waals surface area contributed by atoms with Crippen molar-refractivity contribution in [1.82, 2.24) is 4.57 Å². The van der Waals surface area contributed by atoms with Crippen molar-refractivity contribution < 1.29 is 14.7 Å². The first-order valence-electron chi connectivity index (χ1n) is 12.1. The second-order valence-corrected chi connectivity index (χ2v) is 9.59. The van der Waals surface area contributed by atoms with Crippen LogP contribution in [0, 0.1) is 6.92 Å². The molecule has 3 N–H and O–H groups in total. The van der Waals surface area contributed by atoms with Crippen LogP contribution >= 0.6 is 11.6 Å². The highest BCUT2D eigenvalue weighted by atomic mass is 35.5. The fourth-order valence-electron chi connectivity index (χ4n) is 4.18. The predicted octanol–water partition coefficient (Wildman–Crippen LogP) is 6.75. The molecule has 4 rings (SSSR count). The molecule has 7 nitrogen and oxygen atoms in total. The van der Waals surface area contributed by atoms with Crippen molar-refractivity contribution in [3.05, 3.63) is 117 Å². The number of carboxylic acid groups (broad SMARTS) is 1. The molecule has 2 amide bonds. The van der Waals surface area contributed by atoms with Crippen LogP contribution in [-0.2, 0) is 11.3 Å². The van der Waals surface area contributed by atoms with E-state index >= 15 is 0 Å². The Bertz CT molecular complexity index is 1530.